The van der Waals surface area contributed by atoms with Gasteiger partial charge in [-0.15, -0.1) is 5.10 Å². The summed E-state index contributed by atoms with van der Waals surface area (Å²) in [5.41, 5.74) is 3.86. The van der Waals surface area contributed by atoms with Crippen LogP contribution in [-0.2, 0) is 0 Å². The second-order valence-corrected chi connectivity index (χ2v) is 5.35. The van der Waals surface area contributed by atoms with Crippen LogP contribution in [0.3, 0.4) is 0 Å². The Morgan fingerprint density at radius 3 is 2.79 bits per heavy atom. The summed E-state index contributed by atoms with van der Waals surface area (Å²) in [5.74, 6) is 0.722. The van der Waals surface area contributed by atoms with E-state index in [4.69, 9.17) is 10.00 Å². The Hall–Kier alpha value is -3.39. The third kappa shape index (κ3) is 3.68. The highest BCUT2D eigenvalue weighted by Gasteiger charge is 2.10. The molecule has 24 heavy (non-hydrogen) atoms. The van der Waals surface area contributed by atoms with Crippen molar-refractivity contribution >= 4 is 6.08 Å². The zero-order chi connectivity index (χ0) is 16.8. The second-order valence-electron chi connectivity index (χ2n) is 5.35. The highest BCUT2D eigenvalue weighted by atomic mass is 16.5. The number of benzene rings is 2. The van der Waals surface area contributed by atoms with Crippen molar-refractivity contribution in [1.29, 1.82) is 5.26 Å². The molecule has 0 unspecified atom stereocenters. The van der Waals surface area contributed by atoms with Crippen LogP contribution < -0.4 is 4.74 Å². The van der Waals surface area contributed by atoms with Gasteiger partial charge in [0.1, 0.15) is 24.1 Å². The van der Waals surface area contributed by atoms with Crippen LogP contribution in [0.4, 0.5) is 0 Å². The van der Waals surface area contributed by atoms with Crippen LogP contribution in [0.5, 0.6) is 5.75 Å². The van der Waals surface area contributed by atoms with Crippen LogP contribution in [0.15, 0.2) is 60.2 Å². The largest absolute Gasteiger partial charge is 0.489 e. The van der Waals surface area contributed by atoms with E-state index in [0.29, 0.717) is 12.3 Å². The Balaban J connectivity index is 1.72. The van der Waals surface area contributed by atoms with E-state index in [1.54, 1.807) is 0 Å². The topological polar surface area (TPSA) is 74.6 Å². The number of nitrogens with one attached hydrogen (secondary N) is 1. The molecular weight excluding hydrogens is 300 g/mol. The minimum absolute atomic E-state index is 0.271. The van der Waals surface area contributed by atoms with Crippen molar-refractivity contribution in [2.75, 3.05) is 6.61 Å². The number of aromatic amines is 1. The van der Waals surface area contributed by atoms with E-state index in [1.165, 1.54) is 0 Å². The van der Waals surface area contributed by atoms with Crippen molar-refractivity contribution in [3.05, 3.63) is 71.4 Å². The molecule has 0 bridgehead atoms. The van der Waals surface area contributed by atoms with Gasteiger partial charge < -0.3 is 4.74 Å². The predicted octanol–water partition coefficient (Wildman–Crippen LogP) is 3.83. The summed E-state index contributed by atoms with van der Waals surface area (Å²) in [6.45, 7) is 2.52. The lowest BCUT2D eigenvalue weighted by molar-refractivity contribution is 0.353. The van der Waals surface area contributed by atoms with Crippen molar-refractivity contribution in [3.8, 4) is 23.1 Å². The third-order valence-corrected chi connectivity index (χ3v) is 3.44. The Morgan fingerprint density at radius 1 is 1.17 bits per heavy atom. The Morgan fingerprint density at radius 2 is 2.00 bits per heavy atom. The molecule has 0 aliphatic heterocycles. The lowest BCUT2D eigenvalue weighted by Gasteiger charge is -2.08. The average molecular weight is 316 g/mol. The molecule has 0 radical (unpaired) electrons. The van der Waals surface area contributed by atoms with E-state index in [1.807, 2.05) is 55.5 Å². The van der Waals surface area contributed by atoms with Crippen molar-refractivity contribution in [2.45, 2.75) is 6.92 Å². The molecule has 0 amide bonds. The quantitative estimate of drug-likeness (QED) is 0.776. The van der Waals surface area contributed by atoms with Crippen LogP contribution in [0, 0.1) is 11.3 Å². The molecule has 0 aliphatic rings. The molecule has 0 saturated carbocycles. The number of H-pyrrole nitrogens is 1. The van der Waals surface area contributed by atoms with Crippen LogP contribution in [0.1, 0.15) is 18.2 Å². The van der Waals surface area contributed by atoms with Gasteiger partial charge in [-0.3, -0.25) is 0 Å². The zero-order valence-corrected chi connectivity index (χ0v) is 13.2. The SMILES string of the molecule is C/C(=C\c1ccccc1)COc1cccc(-c2n[nH]nc2C#N)c1. The van der Waals surface area contributed by atoms with E-state index in [-0.39, 0.29) is 5.69 Å². The molecule has 2 aromatic carbocycles. The van der Waals surface area contributed by atoms with Gasteiger partial charge >= 0.3 is 0 Å². The van der Waals surface area contributed by atoms with E-state index in [9.17, 15) is 0 Å². The van der Waals surface area contributed by atoms with Gasteiger partial charge in [-0.1, -0.05) is 48.5 Å². The minimum atomic E-state index is 0.271. The smallest absolute Gasteiger partial charge is 0.190 e. The Labute approximate surface area is 140 Å². The number of nitrogens with zero attached hydrogens (tertiary/aromatic N) is 3. The number of ether oxygens (including phenoxy) is 1. The highest BCUT2D eigenvalue weighted by molar-refractivity contribution is 5.65. The first-order valence-electron chi connectivity index (χ1n) is 7.52. The summed E-state index contributed by atoms with van der Waals surface area (Å²) in [6, 6.07) is 19.6. The molecule has 3 rings (SSSR count). The first-order valence-corrected chi connectivity index (χ1v) is 7.52. The summed E-state index contributed by atoms with van der Waals surface area (Å²) >= 11 is 0. The maximum absolute atomic E-state index is 9.04. The molecule has 1 aromatic heterocycles. The second kappa shape index (κ2) is 7.25. The molecule has 5 heteroatoms. The Bertz CT molecular complexity index is 891. The van der Waals surface area contributed by atoms with E-state index < -0.39 is 0 Å². The molecule has 0 aliphatic carbocycles. The van der Waals surface area contributed by atoms with Gasteiger partial charge in [-0.05, 0) is 30.2 Å². The number of rotatable bonds is 5. The lowest BCUT2D eigenvalue weighted by Crippen LogP contribution is -1.98. The van der Waals surface area contributed by atoms with Crippen molar-refractivity contribution in [1.82, 2.24) is 15.4 Å². The molecular formula is C19H16N4O. The maximum atomic E-state index is 9.04. The maximum Gasteiger partial charge on any atom is 0.190 e. The third-order valence-electron chi connectivity index (χ3n) is 3.44. The number of nitriles is 1. The summed E-state index contributed by atoms with van der Waals surface area (Å²) < 4.78 is 5.84. The fraction of sp³-hybridized carbons (Fsp3) is 0.105. The van der Waals surface area contributed by atoms with Gasteiger partial charge in [0.2, 0.25) is 0 Å². The normalized spacial score (nSPS) is 11.1. The van der Waals surface area contributed by atoms with Crippen LogP contribution >= 0.6 is 0 Å². The van der Waals surface area contributed by atoms with Crippen LogP contribution in [-0.4, -0.2) is 22.0 Å². The lowest BCUT2D eigenvalue weighted by atomic mass is 10.1. The highest BCUT2D eigenvalue weighted by Crippen LogP contribution is 2.24. The fourth-order valence-electron chi connectivity index (χ4n) is 2.32. The number of hydrogen-bond donors (Lipinski definition) is 1. The number of hydrogen-bond acceptors (Lipinski definition) is 4. The molecule has 5 nitrogen and oxygen atoms in total. The first kappa shape index (κ1) is 15.5. The summed E-state index contributed by atoms with van der Waals surface area (Å²) in [4.78, 5) is 0. The molecule has 0 fully saturated rings. The molecule has 1 heterocycles. The first-order chi connectivity index (χ1) is 11.8. The van der Waals surface area contributed by atoms with E-state index in [2.05, 4.69) is 33.6 Å². The molecule has 3 aromatic rings. The van der Waals surface area contributed by atoms with Gasteiger partial charge in [-0.25, -0.2) is 0 Å². The fourth-order valence-corrected chi connectivity index (χ4v) is 2.32. The Kier molecular flexibility index (Phi) is 4.68. The zero-order valence-electron chi connectivity index (χ0n) is 13.2. The summed E-state index contributed by atoms with van der Waals surface area (Å²) in [5, 5.41) is 19.4. The van der Waals surface area contributed by atoms with Crippen molar-refractivity contribution in [3.63, 3.8) is 0 Å². The van der Waals surface area contributed by atoms with Crippen LogP contribution in [0.25, 0.3) is 17.3 Å². The van der Waals surface area contributed by atoms with Crippen molar-refractivity contribution in [2.24, 2.45) is 0 Å². The van der Waals surface area contributed by atoms with Gasteiger partial charge in [0.05, 0.1) is 0 Å². The van der Waals surface area contributed by atoms with Gasteiger partial charge in [-0.2, -0.15) is 15.6 Å². The van der Waals surface area contributed by atoms with Gasteiger partial charge in [0.25, 0.3) is 0 Å². The predicted molar refractivity (Wildman–Crippen MR) is 92.1 cm³/mol. The molecule has 0 saturated heterocycles. The van der Waals surface area contributed by atoms with E-state index in [0.717, 1.165) is 22.4 Å². The molecule has 0 spiro atoms. The minimum Gasteiger partial charge on any atom is -0.489 e. The van der Waals surface area contributed by atoms with Crippen molar-refractivity contribution < 1.29 is 4.74 Å². The molecule has 118 valence electrons. The van der Waals surface area contributed by atoms with Gasteiger partial charge in [0.15, 0.2) is 5.69 Å². The van der Waals surface area contributed by atoms with Crippen LogP contribution in [0.2, 0.25) is 0 Å². The van der Waals surface area contributed by atoms with Gasteiger partial charge in [0, 0.05) is 5.56 Å². The monoisotopic (exact) mass is 316 g/mol. The summed E-state index contributed by atoms with van der Waals surface area (Å²) in [7, 11) is 0. The molecule has 1 N–H and O–H groups in total. The average Bonchev–Trinajstić information content (AvgIpc) is 3.10. The number of aromatic nitrogens is 3. The summed E-state index contributed by atoms with van der Waals surface area (Å²) in [6.07, 6.45) is 2.09. The standard InChI is InChI=1S/C19H16N4O/c1-14(10-15-6-3-2-4-7-15)13-24-17-9-5-8-16(11-17)19-18(12-20)21-23-22-19/h2-11H,13H2,1H3,(H,21,22,23)/b14-10+. The molecule has 0 atom stereocenters. The van der Waals surface area contributed by atoms with E-state index >= 15 is 0 Å².